The van der Waals surface area contributed by atoms with E-state index in [1.807, 2.05) is 36.6 Å². The molecule has 2 aromatic rings. The molecule has 35 heavy (non-hydrogen) atoms. The van der Waals surface area contributed by atoms with Crippen molar-refractivity contribution in [2.75, 3.05) is 31.1 Å². The molecule has 1 heterocycles. The molecule has 1 saturated heterocycles. The molecular weight excluding hydrogens is 498 g/mol. The zero-order valence-electron chi connectivity index (χ0n) is 20.2. The highest BCUT2D eigenvalue weighted by Crippen LogP contribution is 2.36. The van der Waals surface area contributed by atoms with Crippen molar-refractivity contribution in [1.82, 2.24) is 4.90 Å². The largest absolute Gasteiger partial charge is 0.416 e. The molecule has 0 aromatic heterocycles. The van der Waals surface area contributed by atoms with Crippen LogP contribution in [0.3, 0.4) is 0 Å². The number of anilines is 1. The van der Waals surface area contributed by atoms with Crippen molar-refractivity contribution in [3.8, 4) is 0 Å². The average Bonchev–Trinajstić information content (AvgIpc) is 2.79. The zero-order valence-corrected chi connectivity index (χ0v) is 21.7. The quantitative estimate of drug-likeness (QED) is 0.440. The molecule has 3 rings (SSSR count). The SMILES string of the molecule is CC(C)C[C@H](N)c1cc(C(F)(F)F)ccc1N1CCN(C(=O)C(C)Cc2ccc(Cl)c(Cl)c2)CC1. The number of amides is 1. The minimum Gasteiger partial charge on any atom is -0.368 e. The Morgan fingerprint density at radius 1 is 1.00 bits per heavy atom. The van der Waals surface area contributed by atoms with Crippen molar-refractivity contribution < 1.29 is 18.0 Å². The van der Waals surface area contributed by atoms with Gasteiger partial charge in [-0.25, -0.2) is 0 Å². The van der Waals surface area contributed by atoms with Crippen LogP contribution in [0.15, 0.2) is 36.4 Å². The van der Waals surface area contributed by atoms with Gasteiger partial charge in [0.25, 0.3) is 0 Å². The molecule has 1 unspecified atom stereocenters. The first kappa shape index (κ1) is 27.6. The summed E-state index contributed by atoms with van der Waals surface area (Å²) in [7, 11) is 0. The van der Waals surface area contributed by atoms with Gasteiger partial charge >= 0.3 is 6.18 Å². The molecular formula is C26H32Cl2F3N3O. The van der Waals surface area contributed by atoms with E-state index in [1.165, 1.54) is 12.1 Å². The van der Waals surface area contributed by atoms with Gasteiger partial charge in [0.05, 0.1) is 15.6 Å². The molecule has 2 atom stereocenters. The van der Waals surface area contributed by atoms with Crippen molar-refractivity contribution in [3.05, 3.63) is 63.1 Å². The van der Waals surface area contributed by atoms with E-state index in [1.54, 1.807) is 12.1 Å². The van der Waals surface area contributed by atoms with E-state index >= 15 is 0 Å². The lowest BCUT2D eigenvalue weighted by Gasteiger charge is -2.38. The van der Waals surface area contributed by atoms with Crippen LogP contribution in [0.5, 0.6) is 0 Å². The number of carbonyl (C=O) groups excluding carboxylic acids is 1. The fourth-order valence-corrected chi connectivity index (χ4v) is 4.86. The Morgan fingerprint density at radius 3 is 2.23 bits per heavy atom. The molecule has 1 amide bonds. The number of nitrogens with two attached hydrogens (primary N) is 1. The van der Waals surface area contributed by atoms with Gasteiger partial charge in [0, 0.05) is 43.8 Å². The van der Waals surface area contributed by atoms with Crippen LogP contribution in [0.4, 0.5) is 18.9 Å². The topological polar surface area (TPSA) is 49.6 Å². The first-order valence-corrected chi connectivity index (χ1v) is 12.6. The second kappa shape index (κ2) is 11.4. The fourth-order valence-electron chi connectivity index (χ4n) is 4.54. The fraction of sp³-hybridized carbons (Fsp3) is 0.500. The van der Waals surface area contributed by atoms with Gasteiger partial charge < -0.3 is 15.5 Å². The third-order valence-corrected chi connectivity index (χ3v) is 7.10. The number of hydrogen-bond donors (Lipinski definition) is 1. The van der Waals surface area contributed by atoms with Gasteiger partial charge in [-0.1, -0.05) is 50.0 Å². The Bertz CT molecular complexity index is 1040. The number of benzene rings is 2. The molecule has 0 saturated carbocycles. The number of hydrogen-bond acceptors (Lipinski definition) is 3. The van der Waals surface area contributed by atoms with Crippen molar-refractivity contribution in [2.45, 2.75) is 45.8 Å². The maximum Gasteiger partial charge on any atom is 0.416 e. The Labute approximate surface area is 215 Å². The van der Waals surface area contributed by atoms with Crippen LogP contribution in [-0.2, 0) is 17.4 Å². The highest BCUT2D eigenvalue weighted by Gasteiger charge is 2.33. The highest BCUT2D eigenvalue weighted by atomic mass is 35.5. The number of alkyl halides is 3. The van der Waals surface area contributed by atoms with Gasteiger partial charge in [-0.3, -0.25) is 4.79 Å². The molecule has 0 spiro atoms. The molecule has 192 valence electrons. The minimum absolute atomic E-state index is 0.0416. The molecule has 0 radical (unpaired) electrons. The van der Waals surface area contributed by atoms with Crippen molar-refractivity contribution in [2.24, 2.45) is 17.6 Å². The maximum atomic E-state index is 13.4. The van der Waals surface area contributed by atoms with E-state index < -0.39 is 17.8 Å². The first-order chi connectivity index (χ1) is 16.4. The van der Waals surface area contributed by atoms with Gasteiger partial charge in [0.15, 0.2) is 0 Å². The summed E-state index contributed by atoms with van der Waals surface area (Å²) >= 11 is 12.1. The van der Waals surface area contributed by atoms with Gasteiger partial charge in [-0.15, -0.1) is 0 Å². The van der Waals surface area contributed by atoms with Crippen LogP contribution < -0.4 is 10.6 Å². The third kappa shape index (κ3) is 7.05. The number of piperazine rings is 1. The minimum atomic E-state index is -4.43. The third-order valence-electron chi connectivity index (χ3n) is 6.36. The molecule has 0 bridgehead atoms. The number of carbonyl (C=O) groups is 1. The number of halogens is 5. The molecule has 1 aliphatic heterocycles. The second-order valence-electron chi connectivity index (χ2n) is 9.67. The summed E-state index contributed by atoms with van der Waals surface area (Å²) in [6.45, 7) is 7.91. The van der Waals surface area contributed by atoms with E-state index in [-0.39, 0.29) is 17.7 Å². The molecule has 2 aromatic carbocycles. The monoisotopic (exact) mass is 529 g/mol. The molecule has 2 N–H and O–H groups in total. The van der Waals surface area contributed by atoms with Gasteiger partial charge in [0.1, 0.15) is 0 Å². The Balaban J connectivity index is 1.70. The van der Waals surface area contributed by atoms with Crippen LogP contribution in [0, 0.1) is 11.8 Å². The summed E-state index contributed by atoms with van der Waals surface area (Å²) < 4.78 is 40.1. The molecule has 4 nitrogen and oxygen atoms in total. The van der Waals surface area contributed by atoms with E-state index in [0.717, 1.165) is 11.6 Å². The Morgan fingerprint density at radius 2 is 1.66 bits per heavy atom. The van der Waals surface area contributed by atoms with Gasteiger partial charge in [-0.2, -0.15) is 13.2 Å². The van der Waals surface area contributed by atoms with Crippen LogP contribution in [0.1, 0.15) is 49.9 Å². The lowest BCUT2D eigenvalue weighted by atomic mass is 9.94. The van der Waals surface area contributed by atoms with Crippen LogP contribution in [0.2, 0.25) is 10.0 Å². The second-order valence-corrected chi connectivity index (χ2v) is 10.5. The van der Waals surface area contributed by atoms with Gasteiger partial charge in [0.2, 0.25) is 5.91 Å². The normalized spacial score (nSPS) is 16.5. The zero-order chi connectivity index (χ0) is 25.9. The summed E-state index contributed by atoms with van der Waals surface area (Å²) in [5.74, 6) is 0.0543. The van der Waals surface area contributed by atoms with E-state index in [2.05, 4.69) is 0 Å². The van der Waals surface area contributed by atoms with Gasteiger partial charge in [-0.05, 0) is 60.2 Å². The van der Waals surface area contributed by atoms with Crippen molar-refractivity contribution in [1.29, 1.82) is 0 Å². The van der Waals surface area contributed by atoms with E-state index in [4.69, 9.17) is 28.9 Å². The first-order valence-electron chi connectivity index (χ1n) is 11.8. The number of nitrogens with zero attached hydrogens (tertiary/aromatic N) is 2. The predicted octanol–water partition coefficient (Wildman–Crippen LogP) is 6.59. The Hall–Kier alpha value is -1.96. The summed E-state index contributed by atoms with van der Waals surface area (Å²) in [5, 5.41) is 0.932. The molecule has 1 fully saturated rings. The van der Waals surface area contributed by atoms with Crippen LogP contribution in [-0.4, -0.2) is 37.0 Å². The Kier molecular flexibility index (Phi) is 9.00. The lowest BCUT2D eigenvalue weighted by molar-refractivity contribution is -0.137. The summed E-state index contributed by atoms with van der Waals surface area (Å²) in [5.41, 5.74) is 7.80. The maximum absolute atomic E-state index is 13.4. The molecule has 0 aliphatic carbocycles. The van der Waals surface area contributed by atoms with E-state index in [9.17, 15) is 18.0 Å². The lowest BCUT2D eigenvalue weighted by Crippen LogP contribution is -2.50. The van der Waals surface area contributed by atoms with E-state index in [0.29, 0.717) is 60.3 Å². The standard InChI is InChI=1S/C26H32Cl2F3N3O/c1-16(2)12-23(32)20-15-19(26(29,30)31)5-7-24(20)33-8-10-34(11-9-33)25(35)17(3)13-18-4-6-21(27)22(28)14-18/h4-7,14-17,23H,8-13,32H2,1-3H3/t17?,23-/m0/s1. The van der Waals surface area contributed by atoms with Crippen molar-refractivity contribution >= 4 is 34.8 Å². The molecule has 1 aliphatic rings. The smallest absolute Gasteiger partial charge is 0.368 e. The van der Waals surface area contributed by atoms with Crippen LogP contribution in [0.25, 0.3) is 0 Å². The van der Waals surface area contributed by atoms with Crippen molar-refractivity contribution in [3.63, 3.8) is 0 Å². The summed E-state index contributed by atoms with van der Waals surface area (Å²) in [6.07, 6.45) is -3.30. The molecule has 9 heteroatoms. The highest BCUT2D eigenvalue weighted by molar-refractivity contribution is 6.42. The average molecular weight is 530 g/mol. The van der Waals surface area contributed by atoms with Crippen LogP contribution >= 0.6 is 23.2 Å². The number of rotatable bonds is 7. The summed E-state index contributed by atoms with van der Waals surface area (Å²) in [6, 6.07) is 8.67. The summed E-state index contributed by atoms with van der Waals surface area (Å²) in [4.78, 5) is 16.9. The predicted molar refractivity (Wildman–Crippen MR) is 136 cm³/mol.